The fraction of sp³-hybridized carbons (Fsp3) is 0.208. The van der Waals surface area contributed by atoms with E-state index in [9.17, 15) is 23.9 Å². The van der Waals surface area contributed by atoms with Gasteiger partial charge in [0.05, 0.1) is 24.8 Å². The van der Waals surface area contributed by atoms with Gasteiger partial charge in [0.25, 0.3) is 11.8 Å². The van der Waals surface area contributed by atoms with Crippen molar-refractivity contribution in [1.29, 1.82) is 5.26 Å². The van der Waals surface area contributed by atoms with Crippen molar-refractivity contribution in [3.8, 4) is 29.2 Å². The Balaban J connectivity index is 1.94. The number of nitriles is 1. The first-order valence-electron chi connectivity index (χ1n) is 10.2. The third-order valence-electron chi connectivity index (χ3n) is 4.46. The molecule has 0 amide bonds. The molecule has 0 fully saturated rings. The smallest absolute Gasteiger partial charge is 0.349 e. The molecule has 35 heavy (non-hydrogen) atoms. The number of hydrogen-bond acceptors (Lipinski definition) is 8. The van der Waals surface area contributed by atoms with Gasteiger partial charge in [-0.2, -0.15) is 23.4 Å². The molecule has 0 saturated heterocycles. The molecule has 8 nitrogen and oxygen atoms in total. The van der Waals surface area contributed by atoms with Gasteiger partial charge in [0, 0.05) is 6.07 Å². The topological polar surface area (TPSA) is 111 Å². The number of carbonyl (C=O) groups is 1. The monoisotopic (exact) mass is 488 g/mol. The van der Waals surface area contributed by atoms with E-state index in [1.807, 2.05) is 12.1 Å². The number of pyridine rings is 1. The lowest BCUT2D eigenvalue weighted by Gasteiger charge is -2.18. The molecule has 3 aromatic rings. The number of aromatic nitrogens is 1. The standard InChI is InChI=1S/C24H19F3N2O6/c1-2-32-24(31)18(12-30)34-21-19(25)22(27)29-23(20(21)26)35-17-10-15(11-28)8-9-16(17)33-13-14-6-4-3-5-7-14/h3-10,18,30H,2,12-13H2,1H3. The number of rotatable bonds is 10. The third-order valence-corrected chi connectivity index (χ3v) is 4.46. The van der Waals surface area contributed by atoms with Crippen LogP contribution in [0.5, 0.6) is 23.1 Å². The van der Waals surface area contributed by atoms with Crippen LogP contribution in [0.25, 0.3) is 0 Å². The molecule has 1 heterocycles. The van der Waals surface area contributed by atoms with E-state index >= 15 is 4.39 Å². The molecule has 1 atom stereocenters. The number of hydrogen-bond donors (Lipinski definition) is 1. The van der Waals surface area contributed by atoms with Gasteiger partial charge in [0.2, 0.25) is 23.5 Å². The summed E-state index contributed by atoms with van der Waals surface area (Å²) in [5.74, 6) is -8.91. The summed E-state index contributed by atoms with van der Waals surface area (Å²) in [6.45, 7) is 0.463. The first-order valence-corrected chi connectivity index (χ1v) is 10.2. The highest BCUT2D eigenvalue weighted by Gasteiger charge is 2.30. The number of ether oxygens (including phenoxy) is 4. The molecule has 0 saturated carbocycles. The minimum absolute atomic E-state index is 0.0565. The molecule has 0 radical (unpaired) electrons. The molecular formula is C24H19F3N2O6. The first kappa shape index (κ1) is 25.3. The zero-order valence-electron chi connectivity index (χ0n) is 18.3. The van der Waals surface area contributed by atoms with E-state index in [0.717, 1.165) is 5.56 Å². The van der Waals surface area contributed by atoms with Gasteiger partial charge in [-0.15, -0.1) is 0 Å². The van der Waals surface area contributed by atoms with Gasteiger partial charge in [0.1, 0.15) is 6.61 Å². The first-order chi connectivity index (χ1) is 16.9. The van der Waals surface area contributed by atoms with Crippen LogP contribution < -0.4 is 14.2 Å². The van der Waals surface area contributed by atoms with Crippen molar-refractivity contribution in [2.24, 2.45) is 0 Å². The van der Waals surface area contributed by atoms with E-state index in [2.05, 4.69) is 9.72 Å². The molecular weight excluding hydrogens is 469 g/mol. The summed E-state index contributed by atoms with van der Waals surface area (Å²) in [5.41, 5.74) is 0.902. The predicted octanol–water partition coefficient (Wildman–Crippen LogP) is 4.04. The summed E-state index contributed by atoms with van der Waals surface area (Å²) in [4.78, 5) is 14.9. The normalized spacial score (nSPS) is 11.3. The summed E-state index contributed by atoms with van der Waals surface area (Å²) in [5, 5.41) is 18.5. The van der Waals surface area contributed by atoms with Crippen molar-refractivity contribution >= 4 is 5.97 Å². The van der Waals surface area contributed by atoms with Crippen LogP contribution in [0.4, 0.5) is 13.2 Å². The average Bonchev–Trinajstić information content (AvgIpc) is 2.87. The Morgan fingerprint density at radius 1 is 1.11 bits per heavy atom. The van der Waals surface area contributed by atoms with Crippen LogP contribution in [-0.4, -0.2) is 35.4 Å². The van der Waals surface area contributed by atoms with Gasteiger partial charge >= 0.3 is 5.97 Å². The van der Waals surface area contributed by atoms with E-state index in [1.54, 1.807) is 24.3 Å². The molecule has 0 aliphatic rings. The van der Waals surface area contributed by atoms with Gasteiger partial charge in [-0.1, -0.05) is 30.3 Å². The van der Waals surface area contributed by atoms with Crippen molar-refractivity contribution in [2.45, 2.75) is 19.6 Å². The lowest BCUT2D eigenvalue weighted by molar-refractivity contribution is -0.153. The van der Waals surface area contributed by atoms with Crippen LogP contribution in [0.2, 0.25) is 0 Å². The van der Waals surface area contributed by atoms with Crippen molar-refractivity contribution in [1.82, 2.24) is 4.98 Å². The Morgan fingerprint density at radius 2 is 1.86 bits per heavy atom. The number of aliphatic hydroxyl groups excluding tert-OH is 1. The molecule has 1 N–H and O–H groups in total. The summed E-state index contributed by atoms with van der Waals surface area (Å²) >= 11 is 0. The van der Waals surface area contributed by atoms with Crippen LogP contribution in [0, 0.1) is 28.9 Å². The SMILES string of the molecule is CCOC(=O)C(CO)Oc1c(F)c(F)nc(Oc2cc(C#N)ccc2OCc2ccccc2)c1F. The number of nitrogens with zero attached hydrogens (tertiary/aromatic N) is 2. The Bertz CT molecular complexity index is 1230. The predicted molar refractivity (Wildman–Crippen MR) is 114 cm³/mol. The summed E-state index contributed by atoms with van der Waals surface area (Å²) in [7, 11) is 0. The highest BCUT2D eigenvalue weighted by atomic mass is 19.2. The highest BCUT2D eigenvalue weighted by molar-refractivity contribution is 5.75. The second kappa shape index (κ2) is 11.7. The Morgan fingerprint density at radius 3 is 2.51 bits per heavy atom. The van der Waals surface area contributed by atoms with Gasteiger partial charge in [-0.3, -0.25) is 0 Å². The van der Waals surface area contributed by atoms with E-state index in [0.29, 0.717) is 0 Å². The molecule has 1 aromatic heterocycles. The van der Waals surface area contributed by atoms with Gasteiger partial charge in [-0.25, -0.2) is 4.79 Å². The second-order valence-corrected chi connectivity index (χ2v) is 6.86. The van der Waals surface area contributed by atoms with Gasteiger partial charge in [-0.05, 0) is 24.6 Å². The van der Waals surface area contributed by atoms with Crippen molar-refractivity contribution in [2.75, 3.05) is 13.2 Å². The van der Waals surface area contributed by atoms with E-state index in [-0.39, 0.29) is 30.3 Å². The Kier molecular flexibility index (Phi) is 8.48. The van der Waals surface area contributed by atoms with Crippen LogP contribution in [0.3, 0.4) is 0 Å². The number of aliphatic hydroxyl groups is 1. The lowest BCUT2D eigenvalue weighted by atomic mass is 10.2. The van der Waals surface area contributed by atoms with Crippen molar-refractivity contribution in [3.05, 3.63) is 77.2 Å². The summed E-state index contributed by atoms with van der Waals surface area (Å²) in [6.07, 6.45) is -1.83. The van der Waals surface area contributed by atoms with Gasteiger partial charge < -0.3 is 24.1 Å². The summed E-state index contributed by atoms with van der Waals surface area (Å²) < 4.78 is 64.0. The maximum Gasteiger partial charge on any atom is 0.349 e. The Hall–Kier alpha value is -4.30. The number of carbonyl (C=O) groups excluding carboxylic acids is 1. The zero-order chi connectivity index (χ0) is 25.4. The Labute approximate surface area is 198 Å². The maximum absolute atomic E-state index is 15.1. The van der Waals surface area contributed by atoms with Crippen molar-refractivity contribution < 1.29 is 42.0 Å². The minimum atomic E-state index is -1.84. The van der Waals surface area contributed by atoms with E-state index in [4.69, 9.17) is 14.2 Å². The average molecular weight is 488 g/mol. The van der Waals surface area contributed by atoms with Crippen LogP contribution in [0.15, 0.2) is 48.5 Å². The highest BCUT2D eigenvalue weighted by Crippen LogP contribution is 2.37. The number of benzene rings is 2. The second-order valence-electron chi connectivity index (χ2n) is 6.86. The maximum atomic E-state index is 15.1. The minimum Gasteiger partial charge on any atom is -0.485 e. The molecule has 11 heteroatoms. The molecule has 0 bridgehead atoms. The lowest BCUT2D eigenvalue weighted by Crippen LogP contribution is -2.33. The summed E-state index contributed by atoms with van der Waals surface area (Å²) in [6, 6.07) is 14.9. The van der Waals surface area contributed by atoms with Crippen LogP contribution in [-0.2, 0) is 16.1 Å². The number of esters is 1. The molecule has 2 aromatic carbocycles. The fourth-order valence-corrected chi connectivity index (χ4v) is 2.80. The molecule has 1 unspecified atom stereocenters. The van der Waals surface area contributed by atoms with E-state index in [1.165, 1.54) is 25.1 Å². The van der Waals surface area contributed by atoms with Crippen LogP contribution in [0.1, 0.15) is 18.1 Å². The fourth-order valence-electron chi connectivity index (χ4n) is 2.80. The number of halogens is 3. The van der Waals surface area contributed by atoms with Crippen molar-refractivity contribution in [3.63, 3.8) is 0 Å². The zero-order valence-corrected chi connectivity index (χ0v) is 18.3. The molecule has 0 aliphatic heterocycles. The molecule has 3 rings (SSSR count). The quantitative estimate of drug-likeness (QED) is 0.336. The van der Waals surface area contributed by atoms with E-state index < -0.39 is 47.9 Å². The molecule has 0 spiro atoms. The third kappa shape index (κ3) is 6.18. The largest absolute Gasteiger partial charge is 0.485 e. The molecule has 182 valence electrons. The van der Waals surface area contributed by atoms with Crippen LogP contribution >= 0.6 is 0 Å². The van der Waals surface area contributed by atoms with Gasteiger partial charge in [0.15, 0.2) is 11.5 Å². The molecule has 0 aliphatic carbocycles.